The molecule has 1 N–H and O–H groups in total. The Balaban J connectivity index is 2.52. The second-order valence-electron chi connectivity index (χ2n) is 2.76. The minimum atomic E-state index is -0.721. The first kappa shape index (κ1) is 6.83. The minimum absolute atomic E-state index is 0.0289. The molecule has 2 heteroatoms. The second kappa shape index (κ2) is 2.32. The van der Waals surface area contributed by atoms with E-state index in [1.807, 2.05) is 31.2 Å². The molecule has 1 aromatic rings. The lowest BCUT2D eigenvalue weighted by Crippen LogP contribution is -1.92. The van der Waals surface area contributed by atoms with E-state index < -0.39 is 6.29 Å². The monoisotopic (exact) mass is 150 g/mol. The fourth-order valence-corrected chi connectivity index (χ4v) is 1.45. The van der Waals surface area contributed by atoms with Gasteiger partial charge in [-0.15, -0.1) is 0 Å². The third-order valence-electron chi connectivity index (χ3n) is 2.03. The Morgan fingerprint density at radius 1 is 1.27 bits per heavy atom. The topological polar surface area (TPSA) is 29.5 Å². The summed E-state index contributed by atoms with van der Waals surface area (Å²) in [6.07, 6.45) is -0.692. The molecular weight excluding hydrogens is 140 g/mol. The molecule has 2 nitrogen and oxygen atoms in total. The van der Waals surface area contributed by atoms with Crippen LogP contribution in [0.5, 0.6) is 0 Å². The predicted molar refractivity (Wildman–Crippen MR) is 40.9 cm³/mol. The van der Waals surface area contributed by atoms with Crippen LogP contribution in [0, 0.1) is 0 Å². The van der Waals surface area contributed by atoms with E-state index in [0.29, 0.717) is 0 Å². The summed E-state index contributed by atoms with van der Waals surface area (Å²) in [6.45, 7) is 1.94. The molecule has 0 saturated heterocycles. The van der Waals surface area contributed by atoms with Crippen molar-refractivity contribution < 1.29 is 9.84 Å². The van der Waals surface area contributed by atoms with Crippen molar-refractivity contribution in [1.82, 2.24) is 0 Å². The van der Waals surface area contributed by atoms with Gasteiger partial charge in [-0.05, 0) is 12.5 Å². The maximum absolute atomic E-state index is 9.33. The van der Waals surface area contributed by atoms with E-state index in [0.717, 1.165) is 11.1 Å². The molecule has 58 valence electrons. The highest BCUT2D eigenvalue weighted by atomic mass is 16.6. The number of aliphatic hydroxyl groups excluding tert-OH is 1. The van der Waals surface area contributed by atoms with Gasteiger partial charge in [-0.2, -0.15) is 0 Å². The van der Waals surface area contributed by atoms with Crippen LogP contribution in [-0.2, 0) is 4.74 Å². The van der Waals surface area contributed by atoms with Gasteiger partial charge in [-0.25, -0.2) is 0 Å². The summed E-state index contributed by atoms with van der Waals surface area (Å²) in [5.74, 6) is 0. The molecule has 2 atom stereocenters. The summed E-state index contributed by atoms with van der Waals surface area (Å²) in [5.41, 5.74) is 2.00. The average molecular weight is 150 g/mol. The van der Waals surface area contributed by atoms with Crippen LogP contribution >= 0.6 is 0 Å². The molecule has 0 fully saturated rings. The molecule has 1 heterocycles. The number of hydrogen-bond donors (Lipinski definition) is 1. The van der Waals surface area contributed by atoms with Crippen LogP contribution in [0.15, 0.2) is 24.3 Å². The van der Waals surface area contributed by atoms with Gasteiger partial charge < -0.3 is 9.84 Å². The number of benzene rings is 1. The molecule has 0 amide bonds. The minimum Gasteiger partial charge on any atom is -0.364 e. The number of hydrogen-bond acceptors (Lipinski definition) is 2. The summed E-state index contributed by atoms with van der Waals surface area (Å²) >= 11 is 0. The molecule has 11 heavy (non-hydrogen) atoms. The van der Waals surface area contributed by atoms with Gasteiger partial charge in [0, 0.05) is 5.56 Å². The smallest absolute Gasteiger partial charge is 0.182 e. The summed E-state index contributed by atoms with van der Waals surface area (Å²) in [6, 6.07) is 7.74. The molecule has 0 aliphatic carbocycles. The zero-order chi connectivity index (χ0) is 7.84. The van der Waals surface area contributed by atoms with Gasteiger partial charge in [0.2, 0.25) is 0 Å². The van der Waals surface area contributed by atoms with E-state index in [1.54, 1.807) is 0 Å². The predicted octanol–water partition coefficient (Wildman–Crippen LogP) is 1.77. The van der Waals surface area contributed by atoms with Crippen LogP contribution in [0.2, 0.25) is 0 Å². The molecule has 1 aliphatic heterocycles. The third kappa shape index (κ3) is 0.951. The number of rotatable bonds is 0. The zero-order valence-electron chi connectivity index (χ0n) is 6.32. The molecule has 1 aromatic carbocycles. The van der Waals surface area contributed by atoms with E-state index in [9.17, 15) is 5.11 Å². The Morgan fingerprint density at radius 3 is 2.55 bits per heavy atom. The summed E-state index contributed by atoms with van der Waals surface area (Å²) in [7, 11) is 0. The van der Waals surface area contributed by atoms with Crippen LogP contribution in [0.1, 0.15) is 30.4 Å². The molecule has 0 bridgehead atoms. The van der Waals surface area contributed by atoms with Gasteiger partial charge in [0.15, 0.2) is 6.29 Å². The Kier molecular flexibility index (Phi) is 1.44. The Labute approximate surface area is 65.4 Å². The van der Waals surface area contributed by atoms with Gasteiger partial charge in [0.1, 0.15) is 0 Å². The fraction of sp³-hybridized carbons (Fsp3) is 0.333. The number of aliphatic hydroxyl groups is 1. The first-order valence-corrected chi connectivity index (χ1v) is 3.71. The molecule has 1 aliphatic rings. The van der Waals surface area contributed by atoms with Crippen molar-refractivity contribution in [3.63, 3.8) is 0 Å². The Morgan fingerprint density at radius 2 is 1.91 bits per heavy atom. The average Bonchev–Trinajstić information content (AvgIpc) is 2.30. The van der Waals surface area contributed by atoms with Gasteiger partial charge in [0.05, 0.1) is 6.10 Å². The zero-order valence-corrected chi connectivity index (χ0v) is 6.32. The van der Waals surface area contributed by atoms with Gasteiger partial charge >= 0.3 is 0 Å². The van der Waals surface area contributed by atoms with Crippen molar-refractivity contribution in [3.8, 4) is 0 Å². The van der Waals surface area contributed by atoms with E-state index in [-0.39, 0.29) is 6.10 Å². The summed E-state index contributed by atoms with van der Waals surface area (Å²) in [5, 5.41) is 9.33. The molecule has 0 aromatic heterocycles. The van der Waals surface area contributed by atoms with Crippen molar-refractivity contribution in [2.24, 2.45) is 0 Å². The lowest BCUT2D eigenvalue weighted by Gasteiger charge is -2.02. The molecule has 2 unspecified atom stereocenters. The first-order valence-electron chi connectivity index (χ1n) is 3.71. The molecule has 0 spiro atoms. The van der Waals surface area contributed by atoms with E-state index in [2.05, 4.69) is 0 Å². The maximum Gasteiger partial charge on any atom is 0.182 e. The van der Waals surface area contributed by atoms with Crippen molar-refractivity contribution in [2.75, 3.05) is 0 Å². The van der Waals surface area contributed by atoms with Crippen LogP contribution in [0.25, 0.3) is 0 Å². The maximum atomic E-state index is 9.33. The van der Waals surface area contributed by atoms with Gasteiger partial charge in [-0.3, -0.25) is 0 Å². The molecule has 0 radical (unpaired) electrons. The van der Waals surface area contributed by atoms with Crippen LogP contribution in [0.4, 0.5) is 0 Å². The van der Waals surface area contributed by atoms with Crippen molar-refractivity contribution in [1.29, 1.82) is 0 Å². The van der Waals surface area contributed by atoms with E-state index >= 15 is 0 Å². The van der Waals surface area contributed by atoms with Gasteiger partial charge in [0.25, 0.3) is 0 Å². The Hall–Kier alpha value is -0.860. The highest BCUT2D eigenvalue weighted by molar-refractivity contribution is 5.32. The van der Waals surface area contributed by atoms with Gasteiger partial charge in [-0.1, -0.05) is 24.3 Å². The first-order chi connectivity index (χ1) is 5.29. The van der Waals surface area contributed by atoms with Crippen LogP contribution in [-0.4, -0.2) is 5.11 Å². The lowest BCUT2D eigenvalue weighted by molar-refractivity contribution is -0.115. The molecular formula is C9H10O2. The number of ether oxygens (including phenoxy) is 1. The Bertz CT molecular complexity index is 243. The second-order valence-corrected chi connectivity index (χ2v) is 2.76. The summed E-state index contributed by atoms with van der Waals surface area (Å²) in [4.78, 5) is 0. The normalized spacial score (nSPS) is 28.5. The summed E-state index contributed by atoms with van der Waals surface area (Å²) < 4.78 is 5.19. The fourth-order valence-electron chi connectivity index (χ4n) is 1.45. The highest BCUT2D eigenvalue weighted by Crippen LogP contribution is 2.36. The quantitative estimate of drug-likeness (QED) is 0.610. The van der Waals surface area contributed by atoms with Crippen LogP contribution in [0.3, 0.4) is 0 Å². The molecule has 0 saturated carbocycles. The highest BCUT2D eigenvalue weighted by Gasteiger charge is 2.25. The largest absolute Gasteiger partial charge is 0.364 e. The third-order valence-corrected chi connectivity index (χ3v) is 2.03. The SMILES string of the molecule is CC1OC(O)c2ccccc21. The van der Waals surface area contributed by atoms with E-state index in [4.69, 9.17) is 4.74 Å². The number of fused-ring (bicyclic) bond motifs is 1. The standard InChI is InChI=1S/C9H10O2/c1-6-7-4-2-3-5-8(7)9(10)11-6/h2-6,9-10H,1H3. The van der Waals surface area contributed by atoms with Crippen LogP contribution < -0.4 is 0 Å². The lowest BCUT2D eigenvalue weighted by atomic mass is 10.1. The van der Waals surface area contributed by atoms with Crippen molar-refractivity contribution in [3.05, 3.63) is 35.4 Å². The van der Waals surface area contributed by atoms with E-state index in [1.165, 1.54) is 0 Å². The van der Waals surface area contributed by atoms with Crippen molar-refractivity contribution >= 4 is 0 Å². The van der Waals surface area contributed by atoms with Crippen molar-refractivity contribution in [2.45, 2.75) is 19.3 Å². The molecule has 2 rings (SSSR count).